The summed E-state index contributed by atoms with van der Waals surface area (Å²) >= 11 is 3.77. The lowest BCUT2D eigenvalue weighted by atomic mass is 9.87. The molecule has 3 rings (SSSR count). The van der Waals surface area contributed by atoms with Crippen molar-refractivity contribution in [3.63, 3.8) is 0 Å². The van der Waals surface area contributed by atoms with Crippen LogP contribution in [-0.4, -0.2) is 42.1 Å². The fraction of sp³-hybridized carbons (Fsp3) is 1.00. The molecular weight excluding hydrogens is 278 g/mol. The number of fused-ring (bicyclic) bond motifs is 1. The zero-order valence-corrected chi connectivity index (χ0v) is 12.3. The van der Waals surface area contributed by atoms with Gasteiger partial charge < -0.3 is 4.74 Å². The van der Waals surface area contributed by atoms with E-state index in [0.717, 1.165) is 19.2 Å². The quantitative estimate of drug-likeness (QED) is 0.742. The fourth-order valence-electron chi connectivity index (χ4n) is 4.09. The van der Waals surface area contributed by atoms with Crippen LogP contribution in [0.5, 0.6) is 0 Å². The van der Waals surface area contributed by atoms with Gasteiger partial charge >= 0.3 is 0 Å². The normalized spacial score (nSPS) is 37.2. The molecule has 3 fully saturated rings. The van der Waals surface area contributed by atoms with Gasteiger partial charge in [0.2, 0.25) is 0 Å². The minimum atomic E-state index is 0.553. The maximum atomic E-state index is 5.91. The number of rotatable bonds is 3. The molecular formula is C14H24BrNO. The molecule has 0 radical (unpaired) electrons. The summed E-state index contributed by atoms with van der Waals surface area (Å²) in [6, 6.07) is 0.736. The number of alkyl halides is 1. The van der Waals surface area contributed by atoms with Crippen LogP contribution in [0.3, 0.4) is 0 Å². The van der Waals surface area contributed by atoms with E-state index in [1.807, 2.05) is 0 Å². The van der Waals surface area contributed by atoms with Crippen molar-refractivity contribution in [2.24, 2.45) is 5.41 Å². The summed E-state index contributed by atoms with van der Waals surface area (Å²) in [6.07, 6.45) is 10.3. The number of morpholine rings is 1. The largest absolute Gasteiger partial charge is 0.375 e. The Morgan fingerprint density at radius 3 is 2.76 bits per heavy atom. The van der Waals surface area contributed by atoms with Crippen LogP contribution in [0.15, 0.2) is 0 Å². The molecule has 17 heavy (non-hydrogen) atoms. The SMILES string of the molecule is BrCC1(CN2CCOC3CCCC32)CCCC1. The topological polar surface area (TPSA) is 12.5 Å². The van der Waals surface area contributed by atoms with Gasteiger partial charge in [-0.1, -0.05) is 28.8 Å². The number of hydrogen-bond acceptors (Lipinski definition) is 2. The third kappa shape index (κ3) is 2.43. The van der Waals surface area contributed by atoms with E-state index in [4.69, 9.17) is 4.74 Å². The summed E-state index contributed by atoms with van der Waals surface area (Å²) in [5.74, 6) is 0. The van der Waals surface area contributed by atoms with Gasteiger partial charge in [0.1, 0.15) is 0 Å². The molecule has 2 saturated carbocycles. The monoisotopic (exact) mass is 301 g/mol. The van der Waals surface area contributed by atoms with Crippen LogP contribution < -0.4 is 0 Å². The maximum Gasteiger partial charge on any atom is 0.0730 e. The van der Waals surface area contributed by atoms with Crippen molar-refractivity contribution in [2.45, 2.75) is 57.1 Å². The Hall–Kier alpha value is 0.400. The van der Waals surface area contributed by atoms with Gasteiger partial charge in [0.05, 0.1) is 12.7 Å². The summed E-state index contributed by atoms with van der Waals surface area (Å²) in [4.78, 5) is 2.76. The summed E-state index contributed by atoms with van der Waals surface area (Å²) in [5.41, 5.74) is 0.574. The molecule has 2 unspecified atom stereocenters. The predicted molar refractivity (Wildman–Crippen MR) is 73.6 cm³/mol. The van der Waals surface area contributed by atoms with E-state index in [-0.39, 0.29) is 0 Å². The first-order valence-electron chi connectivity index (χ1n) is 7.25. The van der Waals surface area contributed by atoms with E-state index in [1.54, 1.807) is 0 Å². The molecule has 0 aromatic carbocycles. The van der Waals surface area contributed by atoms with Crippen LogP contribution >= 0.6 is 15.9 Å². The molecule has 0 bridgehead atoms. The van der Waals surface area contributed by atoms with Crippen molar-refractivity contribution in [1.29, 1.82) is 0 Å². The molecule has 1 heterocycles. The van der Waals surface area contributed by atoms with Crippen LogP contribution in [0.2, 0.25) is 0 Å². The Labute approximate surface area is 113 Å². The summed E-state index contributed by atoms with van der Waals surface area (Å²) < 4.78 is 5.91. The predicted octanol–water partition coefficient (Wildman–Crippen LogP) is 3.20. The Morgan fingerprint density at radius 1 is 1.18 bits per heavy atom. The molecule has 0 aromatic rings. The number of hydrogen-bond donors (Lipinski definition) is 0. The highest BCUT2D eigenvalue weighted by atomic mass is 79.9. The lowest BCUT2D eigenvalue weighted by Gasteiger charge is -2.42. The average molecular weight is 302 g/mol. The zero-order valence-electron chi connectivity index (χ0n) is 10.7. The van der Waals surface area contributed by atoms with Crippen molar-refractivity contribution in [1.82, 2.24) is 4.90 Å². The van der Waals surface area contributed by atoms with E-state index >= 15 is 0 Å². The summed E-state index contributed by atoms with van der Waals surface area (Å²) in [6.45, 7) is 3.43. The number of halogens is 1. The first-order chi connectivity index (χ1) is 8.33. The summed E-state index contributed by atoms with van der Waals surface area (Å²) in [5, 5.41) is 1.19. The number of nitrogens with zero attached hydrogens (tertiary/aromatic N) is 1. The third-order valence-corrected chi connectivity index (χ3v) is 6.27. The molecule has 0 aromatic heterocycles. The second-order valence-corrected chi connectivity index (χ2v) is 6.78. The Balaban J connectivity index is 1.66. The Kier molecular flexibility index (Phi) is 3.79. The molecule has 1 saturated heterocycles. The maximum absolute atomic E-state index is 5.91. The lowest BCUT2D eigenvalue weighted by Crippen LogP contribution is -2.52. The smallest absolute Gasteiger partial charge is 0.0730 e. The molecule has 2 aliphatic carbocycles. The average Bonchev–Trinajstić information content (AvgIpc) is 2.98. The second kappa shape index (κ2) is 5.18. The van der Waals surface area contributed by atoms with Gasteiger partial charge in [-0.3, -0.25) is 4.90 Å². The van der Waals surface area contributed by atoms with Crippen LogP contribution in [0, 0.1) is 5.41 Å². The van der Waals surface area contributed by atoms with Crippen LogP contribution in [0.1, 0.15) is 44.9 Å². The highest BCUT2D eigenvalue weighted by molar-refractivity contribution is 9.09. The van der Waals surface area contributed by atoms with Crippen molar-refractivity contribution < 1.29 is 4.74 Å². The minimum Gasteiger partial charge on any atom is -0.375 e. The second-order valence-electron chi connectivity index (χ2n) is 6.22. The fourth-order valence-corrected chi connectivity index (χ4v) is 4.83. The zero-order chi connectivity index (χ0) is 11.7. The molecule has 1 aliphatic heterocycles. The third-order valence-electron chi connectivity index (χ3n) is 5.08. The van der Waals surface area contributed by atoms with Crippen LogP contribution in [0.25, 0.3) is 0 Å². The van der Waals surface area contributed by atoms with Gasteiger partial charge in [0.15, 0.2) is 0 Å². The van der Waals surface area contributed by atoms with Crippen LogP contribution in [-0.2, 0) is 4.74 Å². The van der Waals surface area contributed by atoms with E-state index in [9.17, 15) is 0 Å². The van der Waals surface area contributed by atoms with Gasteiger partial charge in [0.25, 0.3) is 0 Å². The van der Waals surface area contributed by atoms with Crippen molar-refractivity contribution in [2.75, 3.05) is 25.0 Å². The van der Waals surface area contributed by atoms with Crippen molar-refractivity contribution in [3.05, 3.63) is 0 Å². The first kappa shape index (κ1) is 12.4. The van der Waals surface area contributed by atoms with E-state index < -0.39 is 0 Å². The highest BCUT2D eigenvalue weighted by Gasteiger charge is 2.41. The van der Waals surface area contributed by atoms with Crippen molar-refractivity contribution in [3.8, 4) is 0 Å². The molecule has 0 N–H and O–H groups in total. The lowest BCUT2D eigenvalue weighted by molar-refractivity contribution is -0.0663. The van der Waals surface area contributed by atoms with Gasteiger partial charge in [-0.2, -0.15) is 0 Å². The highest BCUT2D eigenvalue weighted by Crippen LogP contribution is 2.42. The molecule has 0 spiro atoms. The van der Waals surface area contributed by atoms with Gasteiger partial charge in [-0.25, -0.2) is 0 Å². The Morgan fingerprint density at radius 2 is 2.00 bits per heavy atom. The van der Waals surface area contributed by atoms with Gasteiger partial charge in [-0.05, 0) is 37.5 Å². The number of ether oxygens (including phenoxy) is 1. The molecule has 2 atom stereocenters. The Bertz CT molecular complexity index is 265. The molecule has 3 aliphatic rings. The van der Waals surface area contributed by atoms with Gasteiger partial charge in [0, 0.05) is 24.5 Å². The molecule has 3 heteroatoms. The minimum absolute atomic E-state index is 0.553. The van der Waals surface area contributed by atoms with Gasteiger partial charge in [-0.15, -0.1) is 0 Å². The van der Waals surface area contributed by atoms with E-state index in [1.165, 1.54) is 56.8 Å². The standard InChI is InChI=1S/C14H24BrNO/c15-10-14(6-1-2-7-14)11-16-8-9-17-13-5-3-4-12(13)16/h12-13H,1-11H2. The first-order valence-corrected chi connectivity index (χ1v) is 8.37. The molecule has 0 amide bonds. The molecule has 98 valence electrons. The molecule has 2 nitrogen and oxygen atoms in total. The summed E-state index contributed by atoms with van der Waals surface area (Å²) in [7, 11) is 0. The van der Waals surface area contributed by atoms with Crippen molar-refractivity contribution >= 4 is 15.9 Å². The van der Waals surface area contributed by atoms with Crippen LogP contribution in [0.4, 0.5) is 0 Å². The van der Waals surface area contributed by atoms with E-state index in [2.05, 4.69) is 20.8 Å². The van der Waals surface area contributed by atoms with E-state index in [0.29, 0.717) is 11.5 Å².